The zero-order chi connectivity index (χ0) is 26.1. The Morgan fingerprint density at radius 1 is 0.737 bits per heavy atom. The van der Waals surface area contributed by atoms with Gasteiger partial charge in [-0.1, -0.05) is 126 Å². The molecule has 5 atom stereocenters. The number of hydrogen-bond acceptors (Lipinski definition) is 1. The fourth-order valence-electron chi connectivity index (χ4n) is 7.95. The van der Waals surface area contributed by atoms with Crippen molar-refractivity contribution in [2.45, 2.75) is 96.1 Å². The highest BCUT2D eigenvalue weighted by atomic mass is 16.5. The van der Waals surface area contributed by atoms with Crippen LogP contribution in [0.4, 0.5) is 0 Å². The monoisotopic (exact) mass is 502 g/mol. The molecular weight excluding hydrogens is 459 g/mol. The summed E-state index contributed by atoms with van der Waals surface area (Å²) in [6, 6.07) is 24.8. The molecule has 5 unspecified atom stereocenters. The molecule has 1 saturated carbocycles. The summed E-state index contributed by atoms with van der Waals surface area (Å²) < 4.78 is 7.24. The van der Waals surface area contributed by atoms with Crippen LogP contribution in [0.2, 0.25) is 0 Å². The highest BCUT2D eigenvalue weighted by Crippen LogP contribution is 2.56. The zero-order valence-electron chi connectivity index (χ0n) is 23.4. The van der Waals surface area contributed by atoms with E-state index in [1.165, 1.54) is 95.7 Å². The van der Waals surface area contributed by atoms with Gasteiger partial charge in [-0.3, -0.25) is 0 Å². The van der Waals surface area contributed by atoms with Gasteiger partial charge in [0.15, 0.2) is 0 Å². The number of fused-ring (bicyclic) bond motifs is 7. The molecule has 4 aromatic carbocycles. The molecule has 38 heavy (non-hydrogen) atoms. The highest BCUT2D eigenvalue weighted by Gasteiger charge is 2.52. The van der Waals surface area contributed by atoms with E-state index in [2.05, 4.69) is 80.6 Å². The van der Waals surface area contributed by atoms with Gasteiger partial charge in [0.2, 0.25) is 0 Å². The average Bonchev–Trinajstić information content (AvgIpc) is 2.94. The summed E-state index contributed by atoms with van der Waals surface area (Å²) in [5.41, 5.74) is 0.447. The van der Waals surface area contributed by atoms with E-state index in [9.17, 15) is 0 Å². The van der Waals surface area contributed by atoms with Gasteiger partial charge in [0, 0.05) is 0 Å². The summed E-state index contributed by atoms with van der Waals surface area (Å²) in [6.45, 7) is 4.61. The van der Waals surface area contributed by atoms with Gasteiger partial charge < -0.3 is 4.74 Å². The Morgan fingerprint density at radius 2 is 1.37 bits per heavy atom. The first-order chi connectivity index (χ1) is 18.6. The standard InChI is InChI=1S/C36H43BO/c1-3-5-15-28-16-8-6-7-14-26-23-25(13-4-2)35(26)36(37,38-28)27-21-22-33-31-19-10-9-17-29(31)30-18-11-12-20-32(30)34(33)24-27/h9-12,17-22,24-26,28,35H,3-8,13-16,23H2,1-2H3. The molecule has 2 radical (unpaired) electrons. The molecule has 1 saturated heterocycles. The first-order valence-corrected chi connectivity index (χ1v) is 15.4. The second kappa shape index (κ2) is 11.0. The Balaban J connectivity index is 1.53. The second-order valence-corrected chi connectivity index (χ2v) is 12.2. The Kier molecular flexibility index (Phi) is 7.54. The summed E-state index contributed by atoms with van der Waals surface area (Å²) in [5.74, 6) is 1.73. The lowest BCUT2D eigenvalue weighted by atomic mass is 9.48. The van der Waals surface area contributed by atoms with Gasteiger partial charge in [0.1, 0.15) is 7.85 Å². The van der Waals surface area contributed by atoms with Crippen LogP contribution >= 0.6 is 0 Å². The topological polar surface area (TPSA) is 9.23 Å². The lowest BCUT2D eigenvalue weighted by Crippen LogP contribution is -2.54. The predicted octanol–water partition coefficient (Wildman–Crippen LogP) is 10.1. The Bertz CT molecular complexity index is 1370. The summed E-state index contributed by atoms with van der Waals surface area (Å²) in [6.07, 6.45) is 13.9. The Labute approximate surface area is 230 Å². The molecule has 0 amide bonds. The van der Waals surface area contributed by atoms with E-state index in [0.717, 1.165) is 12.8 Å². The number of ether oxygens (including phenoxy) is 1. The quantitative estimate of drug-likeness (QED) is 0.188. The third-order valence-electron chi connectivity index (χ3n) is 9.81. The minimum atomic E-state index is -0.737. The lowest BCUT2D eigenvalue weighted by molar-refractivity contribution is -0.153. The predicted molar refractivity (Wildman–Crippen MR) is 164 cm³/mol. The molecule has 196 valence electrons. The van der Waals surface area contributed by atoms with Crippen LogP contribution in [0.15, 0.2) is 66.7 Å². The van der Waals surface area contributed by atoms with Crippen LogP contribution in [0, 0.1) is 17.8 Å². The van der Waals surface area contributed by atoms with Gasteiger partial charge in [-0.2, -0.15) is 0 Å². The SMILES string of the molecule is [B]C1(c2ccc3c4ccccc4c4ccccc4c3c2)OC(CCCC)CCCCCC2CC(CCC)C21. The van der Waals surface area contributed by atoms with Crippen LogP contribution in [-0.2, 0) is 10.2 Å². The first kappa shape index (κ1) is 25.9. The summed E-state index contributed by atoms with van der Waals surface area (Å²) in [5, 5.41) is 7.88. The summed E-state index contributed by atoms with van der Waals surface area (Å²) in [7, 11) is 7.66. The number of benzene rings is 4. The van der Waals surface area contributed by atoms with Crippen molar-refractivity contribution in [2.24, 2.45) is 17.8 Å². The van der Waals surface area contributed by atoms with E-state index >= 15 is 0 Å². The molecule has 2 aliphatic rings. The van der Waals surface area contributed by atoms with Crippen LogP contribution in [-0.4, -0.2) is 14.0 Å². The molecule has 1 heterocycles. The van der Waals surface area contributed by atoms with Crippen molar-refractivity contribution in [3.63, 3.8) is 0 Å². The summed E-state index contributed by atoms with van der Waals surface area (Å²) in [4.78, 5) is 0. The average molecular weight is 503 g/mol. The maximum absolute atomic E-state index is 7.66. The van der Waals surface area contributed by atoms with Crippen LogP contribution < -0.4 is 0 Å². The molecule has 0 aromatic heterocycles. The molecule has 1 aliphatic carbocycles. The van der Waals surface area contributed by atoms with Crippen LogP contribution in [0.3, 0.4) is 0 Å². The number of rotatable bonds is 6. The lowest BCUT2D eigenvalue weighted by Gasteiger charge is -2.56. The van der Waals surface area contributed by atoms with Gasteiger partial charge in [0.25, 0.3) is 0 Å². The largest absolute Gasteiger partial charge is 0.377 e. The van der Waals surface area contributed by atoms with E-state index in [0.29, 0.717) is 17.8 Å². The zero-order valence-corrected chi connectivity index (χ0v) is 23.4. The van der Waals surface area contributed by atoms with Crippen molar-refractivity contribution in [1.29, 1.82) is 0 Å². The Morgan fingerprint density at radius 3 is 2.03 bits per heavy atom. The first-order valence-electron chi connectivity index (χ1n) is 15.4. The fraction of sp³-hybridized carbons (Fsp3) is 0.500. The molecule has 6 rings (SSSR count). The molecular formula is C36H43BO. The molecule has 0 spiro atoms. The second-order valence-electron chi connectivity index (χ2n) is 12.2. The minimum absolute atomic E-state index is 0.241. The van der Waals surface area contributed by atoms with Crippen molar-refractivity contribution in [2.75, 3.05) is 0 Å². The number of hydrogen-bond donors (Lipinski definition) is 0. The highest BCUT2D eigenvalue weighted by molar-refractivity contribution is 6.25. The van der Waals surface area contributed by atoms with E-state index in [1.54, 1.807) is 0 Å². The molecule has 2 fully saturated rings. The molecule has 0 N–H and O–H groups in total. The smallest absolute Gasteiger partial charge is 0.120 e. The van der Waals surface area contributed by atoms with E-state index in [1.807, 2.05) is 0 Å². The number of unbranched alkanes of at least 4 members (excludes halogenated alkanes) is 1. The van der Waals surface area contributed by atoms with Crippen molar-refractivity contribution < 1.29 is 4.74 Å². The van der Waals surface area contributed by atoms with E-state index in [-0.39, 0.29) is 6.10 Å². The third-order valence-corrected chi connectivity index (χ3v) is 9.81. The fourth-order valence-corrected chi connectivity index (χ4v) is 7.95. The third kappa shape index (κ3) is 4.58. The van der Waals surface area contributed by atoms with Crippen LogP contribution in [0.1, 0.15) is 90.0 Å². The Hall–Kier alpha value is -2.32. The molecule has 1 nitrogen and oxygen atoms in total. The van der Waals surface area contributed by atoms with Crippen molar-refractivity contribution in [1.82, 2.24) is 0 Å². The van der Waals surface area contributed by atoms with Gasteiger partial charge in [-0.15, -0.1) is 0 Å². The van der Waals surface area contributed by atoms with Crippen molar-refractivity contribution in [3.05, 3.63) is 72.3 Å². The minimum Gasteiger partial charge on any atom is -0.377 e. The molecule has 1 aliphatic heterocycles. The maximum Gasteiger partial charge on any atom is 0.120 e. The molecule has 0 bridgehead atoms. The maximum atomic E-state index is 7.66. The van der Waals surface area contributed by atoms with Gasteiger partial charge in [0.05, 0.1) is 11.6 Å². The summed E-state index contributed by atoms with van der Waals surface area (Å²) >= 11 is 0. The van der Waals surface area contributed by atoms with E-state index in [4.69, 9.17) is 12.6 Å². The van der Waals surface area contributed by atoms with Gasteiger partial charge >= 0.3 is 0 Å². The molecule has 4 aromatic rings. The van der Waals surface area contributed by atoms with E-state index < -0.39 is 5.50 Å². The molecule has 2 heteroatoms. The van der Waals surface area contributed by atoms with Crippen LogP contribution in [0.25, 0.3) is 32.3 Å². The van der Waals surface area contributed by atoms with Gasteiger partial charge in [-0.05, 0) is 81.0 Å². The van der Waals surface area contributed by atoms with Crippen molar-refractivity contribution >= 4 is 40.2 Å². The van der Waals surface area contributed by atoms with Gasteiger partial charge in [-0.25, -0.2) is 0 Å². The normalized spacial score (nSPS) is 28.3. The van der Waals surface area contributed by atoms with Crippen LogP contribution in [0.5, 0.6) is 0 Å². The van der Waals surface area contributed by atoms with Crippen molar-refractivity contribution in [3.8, 4) is 0 Å².